The fraction of sp³-hybridized carbons (Fsp3) is 0.300. The Morgan fingerprint density at radius 1 is 1.46 bits per heavy atom. The first-order chi connectivity index (χ1) is 6.20. The Morgan fingerprint density at radius 2 is 2.15 bits per heavy atom. The van der Waals surface area contributed by atoms with Gasteiger partial charge >= 0.3 is 5.97 Å². The number of rotatable bonds is 1. The van der Waals surface area contributed by atoms with Crippen LogP contribution in [0.25, 0.3) is 0 Å². The molecule has 0 radical (unpaired) electrons. The maximum absolute atomic E-state index is 10.8. The van der Waals surface area contributed by atoms with E-state index in [0.29, 0.717) is 6.42 Å². The molecule has 0 heterocycles. The van der Waals surface area contributed by atoms with E-state index in [1.165, 1.54) is 0 Å². The largest absolute Gasteiger partial charge is 0.481 e. The molecule has 0 fully saturated rings. The maximum Gasteiger partial charge on any atom is 0.308 e. The molecule has 0 bridgehead atoms. The average Bonchev–Trinajstić information content (AvgIpc) is 2.45. The van der Waals surface area contributed by atoms with Crippen molar-refractivity contribution in [2.75, 3.05) is 0 Å². The van der Waals surface area contributed by atoms with Crippen LogP contribution in [0.4, 0.5) is 0 Å². The standard InChI is InChI=1S/C10H9ClO2/c11-9-7-4-2-1-3-6(7)5-8(9)10(12)13/h1-4,8-9H,5H2,(H,12,13). The van der Waals surface area contributed by atoms with Crippen molar-refractivity contribution in [3.8, 4) is 0 Å². The highest BCUT2D eigenvalue weighted by molar-refractivity contribution is 6.22. The molecule has 1 aliphatic carbocycles. The van der Waals surface area contributed by atoms with Gasteiger partial charge in [-0.1, -0.05) is 24.3 Å². The van der Waals surface area contributed by atoms with Crippen LogP contribution in [0.2, 0.25) is 0 Å². The van der Waals surface area contributed by atoms with Crippen LogP contribution < -0.4 is 0 Å². The zero-order chi connectivity index (χ0) is 9.42. The van der Waals surface area contributed by atoms with Crippen molar-refractivity contribution >= 4 is 17.6 Å². The summed E-state index contributed by atoms with van der Waals surface area (Å²) in [7, 11) is 0. The fourth-order valence-electron chi connectivity index (χ4n) is 1.76. The third kappa shape index (κ3) is 1.31. The number of carbonyl (C=O) groups is 1. The molecule has 13 heavy (non-hydrogen) atoms. The van der Waals surface area contributed by atoms with Crippen LogP contribution in [0, 0.1) is 5.92 Å². The van der Waals surface area contributed by atoms with E-state index in [1.807, 2.05) is 24.3 Å². The summed E-state index contributed by atoms with van der Waals surface area (Å²) in [5.41, 5.74) is 2.03. The fourth-order valence-corrected chi connectivity index (χ4v) is 2.17. The monoisotopic (exact) mass is 196 g/mol. The number of aliphatic carboxylic acids is 1. The number of fused-ring (bicyclic) bond motifs is 1. The summed E-state index contributed by atoms with van der Waals surface area (Å²) in [6.07, 6.45) is 0.555. The van der Waals surface area contributed by atoms with E-state index in [1.54, 1.807) is 0 Å². The topological polar surface area (TPSA) is 37.3 Å². The molecule has 68 valence electrons. The van der Waals surface area contributed by atoms with Crippen molar-refractivity contribution in [1.29, 1.82) is 0 Å². The number of alkyl halides is 1. The van der Waals surface area contributed by atoms with Crippen molar-refractivity contribution in [2.24, 2.45) is 5.92 Å². The third-order valence-electron chi connectivity index (χ3n) is 2.46. The van der Waals surface area contributed by atoms with E-state index < -0.39 is 11.9 Å². The first-order valence-corrected chi connectivity index (χ1v) is 4.58. The summed E-state index contributed by atoms with van der Waals surface area (Å²) in [6, 6.07) is 7.63. The Bertz CT molecular complexity index is 349. The summed E-state index contributed by atoms with van der Waals surface area (Å²) in [5, 5.41) is 8.50. The molecule has 2 nitrogen and oxygen atoms in total. The average molecular weight is 197 g/mol. The minimum Gasteiger partial charge on any atom is -0.481 e. The first kappa shape index (κ1) is 8.57. The number of halogens is 1. The minimum atomic E-state index is -0.809. The van der Waals surface area contributed by atoms with Crippen LogP contribution in [-0.4, -0.2) is 11.1 Å². The van der Waals surface area contributed by atoms with Gasteiger partial charge in [-0.25, -0.2) is 0 Å². The number of carboxylic acid groups (broad SMARTS) is 1. The van der Waals surface area contributed by atoms with Gasteiger partial charge in [0.25, 0.3) is 0 Å². The Labute approximate surface area is 81.1 Å². The van der Waals surface area contributed by atoms with Gasteiger partial charge in [-0.05, 0) is 17.5 Å². The van der Waals surface area contributed by atoms with Crippen LogP contribution in [0.3, 0.4) is 0 Å². The van der Waals surface area contributed by atoms with Crippen LogP contribution in [-0.2, 0) is 11.2 Å². The molecule has 1 N–H and O–H groups in total. The van der Waals surface area contributed by atoms with Gasteiger partial charge in [0.2, 0.25) is 0 Å². The summed E-state index contributed by atoms with van der Waals surface area (Å²) in [6.45, 7) is 0. The van der Waals surface area contributed by atoms with E-state index in [0.717, 1.165) is 11.1 Å². The number of benzene rings is 1. The number of hydrogen-bond acceptors (Lipinski definition) is 1. The maximum atomic E-state index is 10.8. The molecule has 2 unspecified atom stereocenters. The second-order valence-electron chi connectivity index (χ2n) is 3.25. The molecule has 0 amide bonds. The minimum absolute atomic E-state index is 0.367. The molecule has 0 spiro atoms. The summed E-state index contributed by atoms with van der Waals surface area (Å²) < 4.78 is 0. The van der Waals surface area contributed by atoms with E-state index in [9.17, 15) is 4.79 Å². The molecular formula is C10H9ClO2. The predicted molar refractivity (Wildman–Crippen MR) is 49.9 cm³/mol. The van der Waals surface area contributed by atoms with Crippen molar-refractivity contribution in [1.82, 2.24) is 0 Å². The summed E-state index contributed by atoms with van der Waals surface area (Å²) >= 11 is 6.02. The Balaban J connectivity index is 2.38. The molecule has 1 aromatic carbocycles. The van der Waals surface area contributed by atoms with Crippen molar-refractivity contribution in [2.45, 2.75) is 11.8 Å². The summed E-state index contributed by atoms with van der Waals surface area (Å²) in [5.74, 6) is -1.27. The van der Waals surface area contributed by atoms with Gasteiger partial charge in [-0.3, -0.25) is 4.79 Å². The van der Waals surface area contributed by atoms with Crippen LogP contribution in [0.15, 0.2) is 24.3 Å². The smallest absolute Gasteiger partial charge is 0.308 e. The first-order valence-electron chi connectivity index (χ1n) is 4.15. The Hall–Kier alpha value is -1.02. The third-order valence-corrected chi connectivity index (χ3v) is 3.00. The lowest BCUT2D eigenvalue weighted by molar-refractivity contribution is -0.141. The molecule has 0 saturated carbocycles. The molecule has 3 heteroatoms. The van der Waals surface area contributed by atoms with Crippen LogP contribution in [0.1, 0.15) is 16.5 Å². The zero-order valence-electron chi connectivity index (χ0n) is 6.90. The van der Waals surface area contributed by atoms with Gasteiger partial charge in [0.05, 0.1) is 11.3 Å². The van der Waals surface area contributed by atoms with E-state index >= 15 is 0 Å². The SMILES string of the molecule is O=C(O)C1Cc2ccccc2C1Cl. The highest BCUT2D eigenvalue weighted by atomic mass is 35.5. The van der Waals surface area contributed by atoms with E-state index in [-0.39, 0.29) is 5.38 Å². The molecule has 0 aromatic heterocycles. The molecular weight excluding hydrogens is 188 g/mol. The second-order valence-corrected chi connectivity index (χ2v) is 3.72. The van der Waals surface area contributed by atoms with Crippen molar-refractivity contribution < 1.29 is 9.90 Å². The second kappa shape index (κ2) is 3.04. The lowest BCUT2D eigenvalue weighted by Gasteiger charge is -2.07. The highest BCUT2D eigenvalue weighted by Crippen LogP contribution is 2.40. The molecule has 2 rings (SSSR count). The molecule has 0 saturated heterocycles. The van der Waals surface area contributed by atoms with Gasteiger partial charge in [0, 0.05) is 0 Å². The number of hydrogen-bond donors (Lipinski definition) is 1. The van der Waals surface area contributed by atoms with Crippen molar-refractivity contribution in [3.05, 3.63) is 35.4 Å². The molecule has 2 atom stereocenters. The van der Waals surface area contributed by atoms with Gasteiger partial charge in [0.15, 0.2) is 0 Å². The lowest BCUT2D eigenvalue weighted by Crippen LogP contribution is -2.15. The van der Waals surface area contributed by atoms with Crippen LogP contribution in [0.5, 0.6) is 0 Å². The van der Waals surface area contributed by atoms with Gasteiger partial charge < -0.3 is 5.11 Å². The van der Waals surface area contributed by atoms with Gasteiger partial charge in [-0.2, -0.15) is 0 Å². The molecule has 1 aromatic rings. The van der Waals surface area contributed by atoms with E-state index in [2.05, 4.69) is 0 Å². The number of carboxylic acids is 1. The quantitative estimate of drug-likeness (QED) is 0.700. The van der Waals surface area contributed by atoms with E-state index in [4.69, 9.17) is 16.7 Å². The Kier molecular flexibility index (Phi) is 2.00. The van der Waals surface area contributed by atoms with Gasteiger partial charge in [-0.15, -0.1) is 11.6 Å². The molecule has 0 aliphatic heterocycles. The van der Waals surface area contributed by atoms with Gasteiger partial charge in [0.1, 0.15) is 0 Å². The normalized spacial score (nSPS) is 25.6. The zero-order valence-corrected chi connectivity index (χ0v) is 7.66. The van der Waals surface area contributed by atoms with Crippen molar-refractivity contribution in [3.63, 3.8) is 0 Å². The molecule has 1 aliphatic rings. The highest BCUT2D eigenvalue weighted by Gasteiger charge is 2.35. The predicted octanol–water partition coefficient (Wildman–Crippen LogP) is 2.22. The summed E-state index contributed by atoms with van der Waals surface area (Å²) in [4.78, 5) is 10.8. The lowest BCUT2D eigenvalue weighted by atomic mass is 10.1. The van der Waals surface area contributed by atoms with Crippen LogP contribution >= 0.6 is 11.6 Å². The Morgan fingerprint density at radius 3 is 2.77 bits per heavy atom.